The van der Waals surface area contributed by atoms with Crippen molar-refractivity contribution < 1.29 is 10.2 Å². The van der Waals surface area contributed by atoms with E-state index in [9.17, 15) is 10.2 Å². The van der Waals surface area contributed by atoms with Crippen LogP contribution in [-0.4, -0.2) is 46.5 Å². The van der Waals surface area contributed by atoms with Gasteiger partial charge < -0.3 is 15.1 Å². The zero-order valence-corrected chi connectivity index (χ0v) is 8.28. The minimum atomic E-state index is -1.33. The van der Waals surface area contributed by atoms with Crippen LogP contribution in [0, 0.1) is 17.2 Å². The fraction of sp³-hybridized carbons (Fsp3) is 0.889. The fourth-order valence-corrected chi connectivity index (χ4v) is 1.78. The van der Waals surface area contributed by atoms with Gasteiger partial charge >= 0.3 is 0 Å². The topological polar surface area (TPSA) is 67.5 Å². The number of rotatable bonds is 0. The number of nitriles is 1. The Balaban J connectivity index is 2.97. The summed E-state index contributed by atoms with van der Waals surface area (Å²) in [5.41, 5.74) is -2.55. The summed E-state index contributed by atoms with van der Waals surface area (Å²) in [7, 11) is 1.83. The largest absolute Gasteiger partial charge is 0.386 e. The Morgan fingerprint density at radius 1 is 1.46 bits per heavy atom. The summed E-state index contributed by atoms with van der Waals surface area (Å²) in [5, 5.41) is 28.7. The van der Waals surface area contributed by atoms with Gasteiger partial charge in [0.1, 0.15) is 11.2 Å². The maximum absolute atomic E-state index is 9.98. The van der Waals surface area contributed by atoms with Crippen molar-refractivity contribution in [1.29, 1.82) is 5.26 Å². The molecule has 0 saturated carbocycles. The van der Waals surface area contributed by atoms with E-state index in [0.29, 0.717) is 13.1 Å². The van der Waals surface area contributed by atoms with Crippen LogP contribution in [0.25, 0.3) is 0 Å². The molecular formula is C9H16N2O2. The molecule has 0 aliphatic carbocycles. The third-order valence-electron chi connectivity index (χ3n) is 3.00. The van der Waals surface area contributed by atoms with Gasteiger partial charge in [-0.1, -0.05) is 0 Å². The van der Waals surface area contributed by atoms with Crippen LogP contribution >= 0.6 is 0 Å². The van der Waals surface area contributed by atoms with Crippen molar-refractivity contribution in [2.75, 3.05) is 20.1 Å². The van der Waals surface area contributed by atoms with Crippen LogP contribution in [0.4, 0.5) is 0 Å². The van der Waals surface area contributed by atoms with Crippen molar-refractivity contribution in [3.8, 4) is 6.07 Å². The van der Waals surface area contributed by atoms with Gasteiger partial charge in [-0.15, -0.1) is 0 Å². The highest BCUT2D eigenvalue weighted by Gasteiger charge is 2.52. The van der Waals surface area contributed by atoms with E-state index >= 15 is 0 Å². The molecule has 0 radical (unpaired) electrons. The second-order valence-electron chi connectivity index (χ2n) is 4.30. The van der Waals surface area contributed by atoms with Gasteiger partial charge in [-0.3, -0.25) is 0 Å². The van der Waals surface area contributed by atoms with E-state index < -0.39 is 17.1 Å². The SMILES string of the molecule is CN1C[C@H](C#N)[C@@](C)(O)[C@@](C)(O)C1. The molecule has 0 bridgehead atoms. The lowest BCUT2D eigenvalue weighted by molar-refractivity contribution is -0.185. The Labute approximate surface area is 78.4 Å². The molecule has 4 heteroatoms. The quantitative estimate of drug-likeness (QED) is 0.536. The average molecular weight is 184 g/mol. The number of likely N-dealkylation sites (tertiary alicyclic amines) is 1. The summed E-state index contributed by atoms with van der Waals surface area (Å²) in [6, 6.07) is 2.03. The van der Waals surface area contributed by atoms with E-state index in [-0.39, 0.29) is 0 Å². The number of likely N-dealkylation sites (N-methyl/N-ethyl adjacent to an activating group) is 1. The smallest absolute Gasteiger partial charge is 0.108 e. The summed E-state index contributed by atoms with van der Waals surface area (Å²) >= 11 is 0. The number of aliphatic hydroxyl groups is 2. The Morgan fingerprint density at radius 3 is 2.46 bits per heavy atom. The molecule has 1 rings (SSSR count). The molecule has 13 heavy (non-hydrogen) atoms. The number of hydrogen-bond acceptors (Lipinski definition) is 4. The monoisotopic (exact) mass is 184 g/mol. The highest BCUT2D eigenvalue weighted by molar-refractivity contribution is 5.10. The highest BCUT2D eigenvalue weighted by atomic mass is 16.4. The summed E-state index contributed by atoms with van der Waals surface area (Å²) in [4.78, 5) is 1.85. The summed E-state index contributed by atoms with van der Waals surface area (Å²) in [6.45, 7) is 3.97. The second kappa shape index (κ2) is 2.95. The third-order valence-corrected chi connectivity index (χ3v) is 3.00. The number of nitrogens with zero attached hydrogens (tertiary/aromatic N) is 2. The molecule has 4 nitrogen and oxygen atoms in total. The van der Waals surface area contributed by atoms with Crippen LogP contribution in [0.5, 0.6) is 0 Å². The van der Waals surface area contributed by atoms with Gasteiger partial charge in [0.2, 0.25) is 0 Å². The Bertz CT molecular complexity index is 242. The zero-order valence-electron chi connectivity index (χ0n) is 8.28. The first kappa shape index (κ1) is 10.5. The van der Waals surface area contributed by atoms with E-state index in [1.165, 1.54) is 6.92 Å². The van der Waals surface area contributed by atoms with Gasteiger partial charge in [0.15, 0.2) is 0 Å². The first-order chi connectivity index (χ1) is 5.81. The van der Waals surface area contributed by atoms with Gasteiger partial charge in [-0.05, 0) is 20.9 Å². The van der Waals surface area contributed by atoms with Crippen LogP contribution in [0.15, 0.2) is 0 Å². The Hall–Kier alpha value is -0.630. The van der Waals surface area contributed by atoms with Crippen LogP contribution in [-0.2, 0) is 0 Å². The molecule has 1 aliphatic rings. The number of piperidine rings is 1. The van der Waals surface area contributed by atoms with E-state index in [1.807, 2.05) is 18.0 Å². The molecule has 0 aromatic heterocycles. The molecule has 1 heterocycles. The third kappa shape index (κ3) is 1.55. The summed E-state index contributed by atoms with van der Waals surface area (Å²) in [6.07, 6.45) is 0. The van der Waals surface area contributed by atoms with Gasteiger partial charge in [-0.25, -0.2) is 0 Å². The van der Waals surface area contributed by atoms with Crippen LogP contribution in [0.1, 0.15) is 13.8 Å². The van der Waals surface area contributed by atoms with Crippen molar-refractivity contribution in [1.82, 2.24) is 4.90 Å². The van der Waals surface area contributed by atoms with Gasteiger partial charge in [0.25, 0.3) is 0 Å². The van der Waals surface area contributed by atoms with Crippen LogP contribution in [0.2, 0.25) is 0 Å². The molecule has 0 unspecified atom stereocenters. The summed E-state index contributed by atoms with van der Waals surface area (Å²) in [5.74, 6) is -0.541. The number of hydrogen-bond donors (Lipinski definition) is 2. The van der Waals surface area contributed by atoms with Crippen molar-refractivity contribution in [3.63, 3.8) is 0 Å². The predicted molar refractivity (Wildman–Crippen MR) is 47.8 cm³/mol. The molecule has 0 aromatic carbocycles. The Morgan fingerprint density at radius 2 is 2.00 bits per heavy atom. The summed E-state index contributed by atoms with van der Waals surface area (Å²) < 4.78 is 0. The van der Waals surface area contributed by atoms with Crippen LogP contribution < -0.4 is 0 Å². The molecule has 1 fully saturated rings. The van der Waals surface area contributed by atoms with Crippen molar-refractivity contribution >= 4 is 0 Å². The lowest BCUT2D eigenvalue weighted by Gasteiger charge is -2.48. The molecular weight excluding hydrogens is 168 g/mol. The van der Waals surface area contributed by atoms with Gasteiger partial charge in [0, 0.05) is 13.1 Å². The molecule has 0 amide bonds. The number of β-amino-alcohol motifs (C(OH)–C–C–N with tert-alkyl or cyclic N) is 1. The van der Waals surface area contributed by atoms with E-state index in [1.54, 1.807) is 6.92 Å². The minimum Gasteiger partial charge on any atom is -0.386 e. The van der Waals surface area contributed by atoms with E-state index in [2.05, 4.69) is 0 Å². The van der Waals surface area contributed by atoms with Gasteiger partial charge in [-0.2, -0.15) is 5.26 Å². The molecule has 74 valence electrons. The molecule has 1 aliphatic heterocycles. The maximum Gasteiger partial charge on any atom is 0.108 e. The lowest BCUT2D eigenvalue weighted by Crippen LogP contribution is -2.65. The van der Waals surface area contributed by atoms with Crippen molar-refractivity contribution in [2.45, 2.75) is 25.0 Å². The Kier molecular flexibility index (Phi) is 2.37. The zero-order chi connectivity index (χ0) is 10.3. The molecule has 0 spiro atoms. The predicted octanol–water partition coefficient (Wildman–Crippen LogP) is -0.426. The molecule has 2 N–H and O–H groups in total. The first-order valence-corrected chi connectivity index (χ1v) is 4.34. The first-order valence-electron chi connectivity index (χ1n) is 4.34. The van der Waals surface area contributed by atoms with Gasteiger partial charge in [0.05, 0.1) is 12.0 Å². The molecule has 1 saturated heterocycles. The fourth-order valence-electron chi connectivity index (χ4n) is 1.78. The normalized spacial score (nSPS) is 47.2. The lowest BCUT2D eigenvalue weighted by atomic mass is 9.73. The average Bonchev–Trinajstić information content (AvgIpc) is 1.96. The van der Waals surface area contributed by atoms with Crippen molar-refractivity contribution in [3.05, 3.63) is 0 Å². The van der Waals surface area contributed by atoms with Crippen molar-refractivity contribution in [2.24, 2.45) is 5.92 Å². The van der Waals surface area contributed by atoms with Crippen LogP contribution in [0.3, 0.4) is 0 Å². The standard InChI is InChI=1S/C9H16N2O2/c1-8(12)6-11(3)5-7(4-10)9(8,2)13/h7,12-13H,5-6H2,1-3H3/t7-,8-,9+/m0/s1. The minimum absolute atomic E-state index is 0.387. The second-order valence-corrected chi connectivity index (χ2v) is 4.30. The van der Waals surface area contributed by atoms with E-state index in [4.69, 9.17) is 5.26 Å². The maximum atomic E-state index is 9.98. The molecule has 3 atom stereocenters. The highest BCUT2D eigenvalue weighted by Crippen LogP contribution is 2.34. The van der Waals surface area contributed by atoms with E-state index in [0.717, 1.165) is 0 Å². The molecule has 0 aromatic rings.